The SMILES string of the molecule is O=C(NC1CCCNC1)[C@@H]1Sc2nccc3c2C1NC(=O)N3c1ccc(Cl)c(Cl)c1. The third-order valence-corrected chi connectivity index (χ3v) is 7.60. The molecule has 1 saturated heterocycles. The van der Waals surface area contributed by atoms with Gasteiger partial charge in [0.15, 0.2) is 0 Å². The van der Waals surface area contributed by atoms with Crippen LogP contribution in [0.4, 0.5) is 16.2 Å². The quantitative estimate of drug-likeness (QED) is 0.646. The zero-order valence-electron chi connectivity index (χ0n) is 15.8. The Morgan fingerprint density at radius 1 is 1.27 bits per heavy atom. The number of rotatable bonds is 3. The van der Waals surface area contributed by atoms with E-state index in [1.807, 2.05) is 0 Å². The first kappa shape index (κ1) is 19.9. The number of halogens is 2. The summed E-state index contributed by atoms with van der Waals surface area (Å²) in [5.41, 5.74) is 2.16. The van der Waals surface area contributed by atoms with Crippen LogP contribution < -0.4 is 20.9 Å². The number of hydrogen-bond donors (Lipinski definition) is 3. The number of pyridine rings is 1. The van der Waals surface area contributed by atoms with Crippen LogP contribution in [0.2, 0.25) is 10.0 Å². The highest BCUT2D eigenvalue weighted by Crippen LogP contribution is 2.50. The second-order valence-electron chi connectivity index (χ2n) is 7.50. The Labute approximate surface area is 187 Å². The Balaban J connectivity index is 1.46. The number of nitrogens with zero attached hydrogens (tertiary/aromatic N) is 2. The highest BCUT2D eigenvalue weighted by molar-refractivity contribution is 8.01. The monoisotopic (exact) mass is 463 g/mol. The summed E-state index contributed by atoms with van der Waals surface area (Å²) in [7, 11) is 0. The molecule has 5 rings (SSSR count). The van der Waals surface area contributed by atoms with Crippen LogP contribution in [0.15, 0.2) is 35.5 Å². The predicted octanol–water partition coefficient (Wildman–Crippen LogP) is 3.63. The molecule has 30 heavy (non-hydrogen) atoms. The molecule has 2 aromatic rings. The standard InChI is InChI=1S/C20H19Cl2N5O2S/c21-12-4-3-11(8-13(12)22)27-14-5-7-24-19-15(14)16(26-20(27)29)17(30-19)18(28)25-10-2-1-6-23-9-10/h3-5,7-8,10,16-17,23H,1-2,6,9H2,(H,25,28)(H,26,29)/t10?,16?,17-/m1/s1. The number of thioether (sulfide) groups is 1. The van der Waals surface area contributed by atoms with E-state index in [9.17, 15) is 9.59 Å². The van der Waals surface area contributed by atoms with Gasteiger partial charge in [0, 0.05) is 24.3 Å². The smallest absolute Gasteiger partial charge is 0.327 e. The van der Waals surface area contributed by atoms with Crippen LogP contribution >= 0.6 is 35.0 Å². The molecule has 0 aliphatic carbocycles. The molecule has 0 radical (unpaired) electrons. The van der Waals surface area contributed by atoms with Gasteiger partial charge in [0.2, 0.25) is 5.91 Å². The Morgan fingerprint density at radius 3 is 2.90 bits per heavy atom. The molecule has 4 heterocycles. The van der Waals surface area contributed by atoms with E-state index in [1.165, 1.54) is 11.8 Å². The van der Waals surface area contributed by atoms with Gasteiger partial charge in [0.25, 0.3) is 0 Å². The van der Waals surface area contributed by atoms with Gasteiger partial charge in [-0.05, 0) is 43.7 Å². The van der Waals surface area contributed by atoms with Crippen LogP contribution in [0.25, 0.3) is 0 Å². The highest BCUT2D eigenvalue weighted by atomic mass is 35.5. The number of amides is 3. The Hall–Kier alpha value is -2.00. The number of benzene rings is 1. The normalized spacial score (nSPS) is 24.9. The van der Waals surface area contributed by atoms with E-state index in [0.29, 0.717) is 21.4 Å². The largest absolute Gasteiger partial charge is 0.351 e. The Kier molecular flexibility index (Phi) is 5.26. The molecule has 3 atom stereocenters. The van der Waals surface area contributed by atoms with E-state index in [-0.39, 0.29) is 18.0 Å². The minimum atomic E-state index is -0.463. The molecule has 3 aliphatic rings. The summed E-state index contributed by atoms with van der Waals surface area (Å²) in [6.07, 6.45) is 3.65. The van der Waals surface area contributed by atoms with Gasteiger partial charge < -0.3 is 16.0 Å². The van der Waals surface area contributed by atoms with E-state index in [4.69, 9.17) is 23.2 Å². The molecule has 1 fully saturated rings. The average Bonchev–Trinajstić information content (AvgIpc) is 3.11. The second-order valence-corrected chi connectivity index (χ2v) is 9.44. The first-order valence-electron chi connectivity index (χ1n) is 9.75. The molecule has 7 nitrogen and oxygen atoms in total. The summed E-state index contributed by atoms with van der Waals surface area (Å²) in [6, 6.07) is 6.19. The molecule has 1 aromatic carbocycles. The molecule has 1 aromatic heterocycles. The maximum atomic E-state index is 13.1. The Bertz CT molecular complexity index is 1030. The number of urea groups is 1. The average molecular weight is 464 g/mol. The second kappa shape index (κ2) is 7.92. The van der Waals surface area contributed by atoms with Gasteiger partial charge in [-0.25, -0.2) is 9.78 Å². The maximum absolute atomic E-state index is 13.1. The fraction of sp³-hybridized carbons (Fsp3) is 0.350. The highest BCUT2D eigenvalue weighted by Gasteiger charge is 2.46. The van der Waals surface area contributed by atoms with E-state index in [1.54, 1.807) is 35.4 Å². The van der Waals surface area contributed by atoms with Crippen molar-refractivity contribution in [1.29, 1.82) is 0 Å². The van der Waals surface area contributed by atoms with Crippen molar-refractivity contribution in [2.24, 2.45) is 0 Å². The number of anilines is 2. The number of nitrogens with one attached hydrogen (secondary N) is 3. The van der Waals surface area contributed by atoms with Gasteiger partial charge >= 0.3 is 6.03 Å². The van der Waals surface area contributed by atoms with Crippen molar-refractivity contribution in [3.8, 4) is 0 Å². The topological polar surface area (TPSA) is 86.4 Å². The van der Waals surface area contributed by atoms with Crippen molar-refractivity contribution in [2.75, 3.05) is 18.0 Å². The van der Waals surface area contributed by atoms with Crippen molar-refractivity contribution in [1.82, 2.24) is 20.9 Å². The molecule has 3 N–H and O–H groups in total. The minimum Gasteiger partial charge on any atom is -0.351 e. The number of aromatic nitrogens is 1. The van der Waals surface area contributed by atoms with Crippen molar-refractivity contribution < 1.29 is 9.59 Å². The molecule has 10 heteroatoms. The summed E-state index contributed by atoms with van der Waals surface area (Å²) < 4.78 is 0. The predicted molar refractivity (Wildman–Crippen MR) is 118 cm³/mol. The molecule has 0 spiro atoms. The van der Waals surface area contributed by atoms with Crippen LogP contribution in [0.5, 0.6) is 0 Å². The minimum absolute atomic E-state index is 0.0778. The van der Waals surface area contributed by atoms with Crippen LogP contribution in [0.1, 0.15) is 24.4 Å². The van der Waals surface area contributed by atoms with Crippen LogP contribution in [0.3, 0.4) is 0 Å². The van der Waals surface area contributed by atoms with Gasteiger partial charge in [-0.2, -0.15) is 0 Å². The summed E-state index contributed by atoms with van der Waals surface area (Å²) >= 11 is 13.6. The van der Waals surface area contributed by atoms with E-state index in [2.05, 4.69) is 20.9 Å². The molecule has 3 aliphatic heterocycles. The lowest BCUT2D eigenvalue weighted by Gasteiger charge is -2.34. The molecular weight excluding hydrogens is 445 g/mol. The van der Waals surface area contributed by atoms with Crippen molar-refractivity contribution in [3.05, 3.63) is 46.1 Å². The zero-order valence-corrected chi connectivity index (χ0v) is 18.2. The van der Waals surface area contributed by atoms with E-state index >= 15 is 0 Å². The lowest BCUT2D eigenvalue weighted by Crippen LogP contribution is -2.52. The summed E-state index contributed by atoms with van der Waals surface area (Å²) in [6.45, 7) is 1.74. The molecular formula is C20H19Cl2N5O2S. The number of carbonyl (C=O) groups is 2. The first-order valence-corrected chi connectivity index (χ1v) is 11.4. The van der Waals surface area contributed by atoms with Crippen molar-refractivity contribution in [3.63, 3.8) is 0 Å². The number of piperidine rings is 1. The molecule has 0 bridgehead atoms. The molecule has 3 amide bonds. The van der Waals surface area contributed by atoms with Crippen molar-refractivity contribution in [2.45, 2.75) is 35.2 Å². The maximum Gasteiger partial charge on any atom is 0.327 e. The lowest BCUT2D eigenvalue weighted by molar-refractivity contribution is -0.121. The fourth-order valence-electron chi connectivity index (χ4n) is 4.16. The van der Waals surface area contributed by atoms with Gasteiger partial charge in [-0.15, -0.1) is 0 Å². The van der Waals surface area contributed by atoms with E-state index in [0.717, 1.165) is 36.5 Å². The summed E-state index contributed by atoms with van der Waals surface area (Å²) in [4.78, 5) is 32.1. The first-order chi connectivity index (χ1) is 14.5. The zero-order chi connectivity index (χ0) is 20.8. The van der Waals surface area contributed by atoms with Crippen molar-refractivity contribution >= 4 is 58.3 Å². The summed E-state index contributed by atoms with van der Waals surface area (Å²) in [5, 5.41) is 10.5. The Morgan fingerprint density at radius 2 is 2.13 bits per heavy atom. The molecule has 156 valence electrons. The van der Waals surface area contributed by atoms with Gasteiger partial charge in [0.05, 0.1) is 27.5 Å². The van der Waals surface area contributed by atoms with E-state index < -0.39 is 11.3 Å². The molecule has 2 unspecified atom stereocenters. The fourth-order valence-corrected chi connectivity index (χ4v) is 5.69. The van der Waals surface area contributed by atoms with Gasteiger partial charge in [0.1, 0.15) is 10.3 Å². The third kappa shape index (κ3) is 3.41. The van der Waals surface area contributed by atoms with Crippen LogP contribution in [-0.2, 0) is 4.79 Å². The number of hydrogen-bond acceptors (Lipinski definition) is 5. The molecule has 0 saturated carbocycles. The summed E-state index contributed by atoms with van der Waals surface area (Å²) in [5.74, 6) is -0.0778. The third-order valence-electron chi connectivity index (χ3n) is 5.57. The van der Waals surface area contributed by atoms with Crippen LogP contribution in [-0.4, -0.2) is 41.3 Å². The number of carbonyl (C=O) groups excluding carboxylic acids is 2. The van der Waals surface area contributed by atoms with Gasteiger partial charge in [-0.1, -0.05) is 35.0 Å². The van der Waals surface area contributed by atoms with Crippen LogP contribution in [0, 0.1) is 0 Å². The lowest BCUT2D eigenvalue weighted by atomic mass is 9.99. The van der Waals surface area contributed by atoms with Gasteiger partial charge in [-0.3, -0.25) is 9.69 Å².